The van der Waals surface area contributed by atoms with E-state index in [1.165, 1.54) is 30.3 Å². The van der Waals surface area contributed by atoms with Crippen LogP contribution < -0.4 is 10.5 Å². The standard InChI is InChI=1S/C19H16F3N4O/c1-3-27-18-15(12-8-10(2)24-14(9-12)17(21)22)16(25-19(23)26-18)11-4-6-13(20)7-5-11/h4-9,17H,1,3H2,2H3,(H2,23,25,26). The number of benzene rings is 1. The molecule has 0 saturated carbocycles. The quantitative estimate of drug-likeness (QED) is 0.718. The first-order chi connectivity index (χ1) is 12.9. The Morgan fingerprint density at radius 2 is 1.78 bits per heavy atom. The van der Waals surface area contributed by atoms with Crippen molar-refractivity contribution < 1.29 is 17.9 Å². The summed E-state index contributed by atoms with van der Waals surface area (Å²) in [5.74, 6) is -0.389. The van der Waals surface area contributed by atoms with Crippen molar-refractivity contribution in [3.8, 4) is 28.3 Å². The van der Waals surface area contributed by atoms with E-state index in [9.17, 15) is 13.2 Å². The molecular formula is C19H16F3N4O. The summed E-state index contributed by atoms with van der Waals surface area (Å²) in [4.78, 5) is 12.1. The van der Waals surface area contributed by atoms with Gasteiger partial charge in [0.2, 0.25) is 11.8 Å². The molecule has 5 nitrogen and oxygen atoms in total. The molecule has 8 heteroatoms. The van der Waals surface area contributed by atoms with E-state index in [4.69, 9.17) is 10.5 Å². The number of rotatable bonds is 5. The van der Waals surface area contributed by atoms with Gasteiger partial charge in [0.25, 0.3) is 6.43 Å². The fourth-order valence-corrected chi connectivity index (χ4v) is 2.68. The van der Waals surface area contributed by atoms with Crippen molar-refractivity contribution in [2.75, 3.05) is 12.3 Å². The number of hydrogen-bond acceptors (Lipinski definition) is 5. The Morgan fingerprint density at radius 1 is 1.07 bits per heavy atom. The van der Waals surface area contributed by atoms with E-state index < -0.39 is 12.2 Å². The third-order valence-electron chi connectivity index (χ3n) is 3.74. The Morgan fingerprint density at radius 3 is 2.41 bits per heavy atom. The van der Waals surface area contributed by atoms with Crippen LogP contribution in [0.15, 0.2) is 36.4 Å². The normalized spacial score (nSPS) is 11.0. The molecule has 0 aliphatic heterocycles. The Kier molecular flexibility index (Phi) is 5.25. The van der Waals surface area contributed by atoms with Crippen molar-refractivity contribution in [2.45, 2.75) is 13.3 Å². The minimum atomic E-state index is -2.75. The van der Waals surface area contributed by atoms with Crippen molar-refractivity contribution in [1.29, 1.82) is 0 Å². The third kappa shape index (κ3) is 3.99. The minimum absolute atomic E-state index is 0.0398. The number of alkyl halides is 2. The number of nitrogens with two attached hydrogens (primary N) is 1. The number of pyridine rings is 1. The smallest absolute Gasteiger partial charge is 0.280 e. The zero-order chi connectivity index (χ0) is 19.6. The molecule has 0 spiro atoms. The van der Waals surface area contributed by atoms with Gasteiger partial charge in [0.1, 0.15) is 11.5 Å². The monoisotopic (exact) mass is 373 g/mol. The SMILES string of the molecule is [CH2]COc1nc(N)nc(-c2ccc(F)cc2)c1-c1cc(C)nc(C(F)F)c1. The van der Waals surface area contributed by atoms with Crippen LogP contribution in [0.3, 0.4) is 0 Å². The van der Waals surface area contributed by atoms with Crippen LogP contribution in [-0.2, 0) is 0 Å². The summed E-state index contributed by atoms with van der Waals surface area (Å²) in [6, 6.07) is 8.41. The molecule has 0 aliphatic rings. The van der Waals surface area contributed by atoms with Crippen molar-refractivity contribution in [3.63, 3.8) is 0 Å². The number of aromatic nitrogens is 3. The molecule has 0 fully saturated rings. The van der Waals surface area contributed by atoms with E-state index >= 15 is 0 Å². The summed E-state index contributed by atoms with van der Waals surface area (Å²) < 4.78 is 45.2. The molecular weight excluding hydrogens is 357 g/mol. The van der Waals surface area contributed by atoms with Crippen molar-refractivity contribution in [1.82, 2.24) is 15.0 Å². The van der Waals surface area contributed by atoms with Gasteiger partial charge in [0.15, 0.2) is 0 Å². The number of nitrogen functional groups attached to an aromatic ring is 1. The number of anilines is 1. The molecule has 2 N–H and O–H groups in total. The molecule has 0 aliphatic carbocycles. The maximum absolute atomic E-state index is 13.3. The predicted molar refractivity (Wildman–Crippen MR) is 95.6 cm³/mol. The lowest BCUT2D eigenvalue weighted by Gasteiger charge is -2.16. The van der Waals surface area contributed by atoms with Crippen LogP contribution in [0, 0.1) is 19.7 Å². The number of aryl methyl sites for hydroxylation is 1. The van der Waals surface area contributed by atoms with Gasteiger partial charge >= 0.3 is 0 Å². The first-order valence-electron chi connectivity index (χ1n) is 8.01. The van der Waals surface area contributed by atoms with E-state index in [0.717, 1.165) is 0 Å². The third-order valence-corrected chi connectivity index (χ3v) is 3.74. The van der Waals surface area contributed by atoms with Gasteiger partial charge in [-0.1, -0.05) is 0 Å². The second-order valence-corrected chi connectivity index (χ2v) is 5.69. The molecule has 139 valence electrons. The zero-order valence-electron chi connectivity index (χ0n) is 14.4. The molecule has 0 amide bonds. The van der Waals surface area contributed by atoms with Crippen LogP contribution in [-0.4, -0.2) is 21.6 Å². The molecule has 27 heavy (non-hydrogen) atoms. The summed E-state index contributed by atoms with van der Waals surface area (Å²) in [6.45, 7) is 5.26. The Balaban J connectivity index is 2.31. The maximum Gasteiger partial charge on any atom is 0.280 e. The highest BCUT2D eigenvalue weighted by atomic mass is 19.3. The van der Waals surface area contributed by atoms with Crippen LogP contribution in [0.4, 0.5) is 19.1 Å². The Bertz CT molecular complexity index is 962. The van der Waals surface area contributed by atoms with Gasteiger partial charge in [-0.25, -0.2) is 18.2 Å². The Hall–Kier alpha value is -3.16. The van der Waals surface area contributed by atoms with Crippen LogP contribution >= 0.6 is 0 Å². The van der Waals surface area contributed by atoms with Crippen LogP contribution in [0.25, 0.3) is 22.4 Å². The van der Waals surface area contributed by atoms with Gasteiger partial charge in [-0.3, -0.25) is 4.98 Å². The number of ether oxygens (including phenoxy) is 1. The van der Waals surface area contributed by atoms with E-state index in [0.29, 0.717) is 28.1 Å². The van der Waals surface area contributed by atoms with E-state index in [1.807, 2.05) is 0 Å². The average Bonchev–Trinajstić information content (AvgIpc) is 2.61. The molecule has 0 atom stereocenters. The van der Waals surface area contributed by atoms with Crippen LogP contribution in [0.2, 0.25) is 0 Å². The lowest BCUT2D eigenvalue weighted by atomic mass is 9.99. The summed E-state index contributed by atoms with van der Waals surface area (Å²) in [6.07, 6.45) is -2.75. The fourth-order valence-electron chi connectivity index (χ4n) is 2.68. The molecule has 1 aromatic carbocycles. The molecule has 1 radical (unpaired) electrons. The molecule has 0 bridgehead atoms. The van der Waals surface area contributed by atoms with E-state index in [2.05, 4.69) is 21.9 Å². The number of halogens is 3. The van der Waals surface area contributed by atoms with Crippen LogP contribution in [0.5, 0.6) is 5.88 Å². The molecule has 0 unspecified atom stereocenters. The fraction of sp³-hybridized carbons (Fsp3) is 0.158. The first kappa shape index (κ1) is 18.6. The van der Waals surface area contributed by atoms with Gasteiger partial charge in [-0.2, -0.15) is 4.98 Å². The van der Waals surface area contributed by atoms with Gasteiger partial charge < -0.3 is 10.5 Å². The van der Waals surface area contributed by atoms with E-state index in [1.54, 1.807) is 13.0 Å². The first-order valence-corrected chi connectivity index (χ1v) is 8.01. The highest BCUT2D eigenvalue weighted by Crippen LogP contribution is 2.38. The second kappa shape index (κ2) is 7.61. The summed E-state index contributed by atoms with van der Waals surface area (Å²) in [5.41, 5.74) is 7.40. The minimum Gasteiger partial charge on any atom is -0.477 e. The van der Waals surface area contributed by atoms with Crippen molar-refractivity contribution in [2.24, 2.45) is 0 Å². The number of nitrogens with zero attached hydrogens (tertiary/aromatic N) is 3. The topological polar surface area (TPSA) is 73.9 Å². The molecule has 3 aromatic rings. The van der Waals surface area contributed by atoms with Crippen molar-refractivity contribution in [3.05, 3.63) is 60.5 Å². The Labute approximate surface area is 154 Å². The van der Waals surface area contributed by atoms with Crippen LogP contribution in [0.1, 0.15) is 17.8 Å². The largest absolute Gasteiger partial charge is 0.477 e. The highest BCUT2D eigenvalue weighted by Gasteiger charge is 2.21. The second-order valence-electron chi connectivity index (χ2n) is 5.69. The maximum atomic E-state index is 13.3. The molecule has 0 saturated heterocycles. The predicted octanol–water partition coefficient (Wildman–Crippen LogP) is 4.39. The average molecular weight is 373 g/mol. The zero-order valence-corrected chi connectivity index (χ0v) is 14.4. The summed E-state index contributed by atoms with van der Waals surface area (Å²) >= 11 is 0. The van der Waals surface area contributed by atoms with E-state index in [-0.39, 0.29) is 24.1 Å². The summed E-state index contributed by atoms with van der Waals surface area (Å²) in [5, 5.41) is 0. The van der Waals surface area contributed by atoms with Gasteiger partial charge in [0.05, 0.1) is 17.9 Å². The molecule has 2 aromatic heterocycles. The molecule has 2 heterocycles. The van der Waals surface area contributed by atoms with Crippen molar-refractivity contribution >= 4 is 5.95 Å². The van der Waals surface area contributed by atoms with Gasteiger partial charge in [0, 0.05) is 11.3 Å². The highest BCUT2D eigenvalue weighted by molar-refractivity contribution is 5.85. The molecule has 3 rings (SSSR count). The summed E-state index contributed by atoms with van der Waals surface area (Å²) in [7, 11) is 0. The number of hydrogen-bond donors (Lipinski definition) is 1. The lowest BCUT2D eigenvalue weighted by Crippen LogP contribution is -2.06. The lowest BCUT2D eigenvalue weighted by molar-refractivity contribution is 0.146. The van der Waals surface area contributed by atoms with Gasteiger partial charge in [-0.05, 0) is 55.8 Å². The van der Waals surface area contributed by atoms with Gasteiger partial charge in [-0.15, -0.1) is 0 Å².